The number of nitrogens with one attached hydrogen (secondary N) is 1. The first-order chi connectivity index (χ1) is 8.33. The molecule has 1 fully saturated rings. The molecule has 0 aliphatic heterocycles. The zero-order chi connectivity index (χ0) is 12.1. The Balaban J connectivity index is 1.89. The van der Waals surface area contributed by atoms with Gasteiger partial charge in [0.2, 0.25) is 0 Å². The molecule has 1 aromatic carbocycles. The second-order valence-corrected chi connectivity index (χ2v) is 4.91. The van der Waals surface area contributed by atoms with Crippen LogP contribution in [0.2, 0.25) is 0 Å². The fourth-order valence-electron chi connectivity index (χ4n) is 2.14. The molecule has 1 aliphatic rings. The van der Waals surface area contributed by atoms with E-state index in [9.17, 15) is 0 Å². The van der Waals surface area contributed by atoms with Gasteiger partial charge in [-0.05, 0) is 36.3 Å². The predicted molar refractivity (Wildman–Crippen MR) is 72.8 cm³/mol. The first kappa shape index (κ1) is 12.2. The molecule has 0 radical (unpaired) electrons. The maximum atomic E-state index is 5.36. The summed E-state index contributed by atoms with van der Waals surface area (Å²) >= 11 is 0. The first-order valence-corrected chi connectivity index (χ1v) is 6.59. The number of terminal acetylenes is 1. The molecule has 0 saturated heterocycles. The highest BCUT2D eigenvalue weighted by molar-refractivity contribution is 5.29. The highest BCUT2D eigenvalue weighted by atomic mass is 14.9. The zero-order valence-corrected chi connectivity index (χ0v) is 10.6. The zero-order valence-electron chi connectivity index (χ0n) is 10.6. The Kier molecular flexibility index (Phi) is 4.23. The largest absolute Gasteiger partial charge is 0.309 e. The van der Waals surface area contributed by atoms with Gasteiger partial charge >= 0.3 is 0 Å². The summed E-state index contributed by atoms with van der Waals surface area (Å²) in [4.78, 5) is 0. The van der Waals surface area contributed by atoms with Crippen LogP contribution >= 0.6 is 0 Å². The van der Waals surface area contributed by atoms with Crippen LogP contribution in [0.25, 0.3) is 0 Å². The Morgan fingerprint density at radius 2 is 2.29 bits per heavy atom. The lowest BCUT2D eigenvalue weighted by Crippen LogP contribution is -2.27. The van der Waals surface area contributed by atoms with Crippen molar-refractivity contribution in [3.63, 3.8) is 0 Å². The van der Waals surface area contributed by atoms with Crippen LogP contribution in [0.5, 0.6) is 0 Å². The Labute approximate surface area is 105 Å². The van der Waals surface area contributed by atoms with Gasteiger partial charge in [-0.1, -0.05) is 31.2 Å². The fourth-order valence-corrected chi connectivity index (χ4v) is 2.14. The van der Waals surface area contributed by atoms with Gasteiger partial charge in [0.15, 0.2) is 0 Å². The van der Waals surface area contributed by atoms with Crippen LogP contribution in [0.3, 0.4) is 0 Å². The number of rotatable bonds is 6. The molecule has 0 spiro atoms. The molecule has 1 heteroatoms. The standard InChI is InChI=1S/C16H21N/c1-3-6-16(4-2)17-12-13-7-5-8-15(11-13)14-9-10-14/h1,5,7-8,11,14,16-17H,4,6,9-10,12H2,2H3. The highest BCUT2D eigenvalue weighted by Gasteiger charge is 2.23. The average molecular weight is 227 g/mol. The van der Waals surface area contributed by atoms with E-state index in [2.05, 4.69) is 42.4 Å². The van der Waals surface area contributed by atoms with Crippen molar-refractivity contribution in [2.75, 3.05) is 0 Å². The van der Waals surface area contributed by atoms with Crippen molar-refractivity contribution >= 4 is 0 Å². The SMILES string of the molecule is C#CCC(CC)NCc1cccc(C2CC2)c1. The van der Waals surface area contributed by atoms with Gasteiger partial charge in [-0.3, -0.25) is 0 Å². The van der Waals surface area contributed by atoms with Crippen molar-refractivity contribution in [1.29, 1.82) is 0 Å². The van der Waals surface area contributed by atoms with Gasteiger partial charge in [-0.25, -0.2) is 0 Å². The molecule has 1 aliphatic carbocycles. The molecule has 1 saturated carbocycles. The minimum Gasteiger partial charge on any atom is -0.309 e. The Bertz CT molecular complexity index is 398. The van der Waals surface area contributed by atoms with Crippen molar-refractivity contribution in [2.45, 2.75) is 51.1 Å². The lowest BCUT2D eigenvalue weighted by atomic mass is 10.1. The van der Waals surface area contributed by atoms with E-state index >= 15 is 0 Å². The summed E-state index contributed by atoms with van der Waals surface area (Å²) in [5.74, 6) is 3.57. The summed E-state index contributed by atoms with van der Waals surface area (Å²) in [7, 11) is 0. The molecule has 0 heterocycles. The number of hydrogen-bond acceptors (Lipinski definition) is 1. The van der Waals surface area contributed by atoms with Crippen molar-refractivity contribution in [1.82, 2.24) is 5.32 Å². The smallest absolute Gasteiger partial charge is 0.0240 e. The van der Waals surface area contributed by atoms with E-state index < -0.39 is 0 Å². The van der Waals surface area contributed by atoms with Crippen LogP contribution in [0.1, 0.15) is 49.7 Å². The van der Waals surface area contributed by atoms with Crippen LogP contribution in [0.15, 0.2) is 24.3 Å². The summed E-state index contributed by atoms with van der Waals surface area (Å²) in [6.45, 7) is 3.11. The van der Waals surface area contributed by atoms with Crippen LogP contribution in [-0.4, -0.2) is 6.04 Å². The topological polar surface area (TPSA) is 12.0 Å². The van der Waals surface area contributed by atoms with Gasteiger partial charge in [0, 0.05) is 19.0 Å². The Morgan fingerprint density at radius 1 is 1.47 bits per heavy atom. The predicted octanol–water partition coefficient (Wildman–Crippen LogP) is 3.46. The molecule has 17 heavy (non-hydrogen) atoms. The van der Waals surface area contributed by atoms with E-state index in [-0.39, 0.29) is 0 Å². The van der Waals surface area contributed by atoms with Gasteiger partial charge in [0.1, 0.15) is 0 Å². The average Bonchev–Trinajstić information content (AvgIpc) is 3.19. The number of benzene rings is 1. The van der Waals surface area contributed by atoms with Gasteiger partial charge in [-0.2, -0.15) is 0 Å². The lowest BCUT2D eigenvalue weighted by molar-refractivity contribution is 0.506. The third-order valence-corrected chi connectivity index (χ3v) is 3.45. The molecule has 1 nitrogen and oxygen atoms in total. The summed E-state index contributed by atoms with van der Waals surface area (Å²) in [5, 5.41) is 3.53. The molecule has 0 bridgehead atoms. The molecule has 2 rings (SSSR count). The van der Waals surface area contributed by atoms with Crippen molar-refractivity contribution < 1.29 is 0 Å². The van der Waals surface area contributed by atoms with E-state index in [0.29, 0.717) is 6.04 Å². The third kappa shape index (κ3) is 3.61. The third-order valence-electron chi connectivity index (χ3n) is 3.45. The summed E-state index contributed by atoms with van der Waals surface area (Å²) in [6, 6.07) is 9.41. The Morgan fingerprint density at radius 3 is 2.94 bits per heavy atom. The monoisotopic (exact) mass is 227 g/mol. The second-order valence-electron chi connectivity index (χ2n) is 4.91. The molecule has 90 valence electrons. The molecule has 0 amide bonds. The van der Waals surface area contributed by atoms with Crippen LogP contribution in [0.4, 0.5) is 0 Å². The Hall–Kier alpha value is -1.26. The van der Waals surface area contributed by atoms with E-state index in [0.717, 1.165) is 25.3 Å². The molecule has 1 atom stereocenters. The van der Waals surface area contributed by atoms with Crippen molar-refractivity contribution in [3.05, 3.63) is 35.4 Å². The normalized spacial score (nSPS) is 16.5. The highest BCUT2D eigenvalue weighted by Crippen LogP contribution is 2.40. The van der Waals surface area contributed by atoms with E-state index in [1.54, 1.807) is 0 Å². The van der Waals surface area contributed by atoms with Crippen LogP contribution in [0, 0.1) is 12.3 Å². The summed E-state index contributed by atoms with van der Waals surface area (Å²) < 4.78 is 0. The second kappa shape index (κ2) is 5.89. The maximum absolute atomic E-state index is 5.36. The molecule has 0 aromatic heterocycles. The van der Waals surface area contributed by atoms with E-state index in [1.165, 1.54) is 24.0 Å². The summed E-state index contributed by atoms with van der Waals surface area (Å²) in [5.41, 5.74) is 2.89. The van der Waals surface area contributed by atoms with Crippen molar-refractivity contribution in [2.24, 2.45) is 0 Å². The van der Waals surface area contributed by atoms with E-state index in [1.807, 2.05) is 0 Å². The maximum Gasteiger partial charge on any atom is 0.0240 e. The van der Waals surface area contributed by atoms with Crippen LogP contribution in [-0.2, 0) is 6.54 Å². The van der Waals surface area contributed by atoms with Crippen molar-refractivity contribution in [3.8, 4) is 12.3 Å². The van der Waals surface area contributed by atoms with Gasteiger partial charge in [0.05, 0.1) is 0 Å². The minimum absolute atomic E-state index is 0.449. The molecule has 1 N–H and O–H groups in total. The molecule has 1 unspecified atom stereocenters. The molecular formula is C16H21N. The van der Waals surface area contributed by atoms with E-state index in [4.69, 9.17) is 6.42 Å². The quantitative estimate of drug-likeness (QED) is 0.734. The van der Waals surface area contributed by atoms with Gasteiger partial charge in [0.25, 0.3) is 0 Å². The van der Waals surface area contributed by atoms with Gasteiger partial charge < -0.3 is 5.32 Å². The van der Waals surface area contributed by atoms with Crippen LogP contribution < -0.4 is 5.32 Å². The molecular weight excluding hydrogens is 206 g/mol. The minimum atomic E-state index is 0.449. The fraction of sp³-hybridized carbons (Fsp3) is 0.500. The van der Waals surface area contributed by atoms with Gasteiger partial charge in [-0.15, -0.1) is 12.3 Å². The summed E-state index contributed by atoms with van der Waals surface area (Å²) in [6.07, 6.45) is 10.00. The molecule has 1 aromatic rings. The lowest BCUT2D eigenvalue weighted by Gasteiger charge is -2.14. The number of hydrogen-bond donors (Lipinski definition) is 1. The first-order valence-electron chi connectivity index (χ1n) is 6.59.